The number of aliphatic hydroxyl groups excluding tert-OH is 2. The number of hydrogen-bond donors (Lipinski definition) is 4. The number of amides is 2. The van der Waals surface area contributed by atoms with E-state index < -0.39 is 24.0 Å². The summed E-state index contributed by atoms with van der Waals surface area (Å²) in [5, 5.41) is 24.1. The Balaban J connectivity index is 1.75. The molecule has 0 aliphatic heterocycles. The monoisotopic (exact) mass is 464 g/mol. The molecule has 0 saturated carbocycles. The van der Waals surface area contributed by atoms with Crippen molar-refractivity contribution in [2.45, 2.75) is 26.1 Å². The first kappa shape index (κ1) is 24.8. The number of carbonyl (C=O) groups excluding carboxylic acids is 2. The van der Waals surface area contributed by atoms with Crippen molar-refractivity contribution in [3.8, 4) is 11.5 Å². The van der Waals surface area contributed by atoms with Gasteiger partial charge in [-0.15, -0.1) is 0 Å². The number of rotatable bonds is 10. The second kappa shape index (κ2) is 11.8. The third-order valence-corrected chi connectivity index (χ3v) is 4.83. The summed E-state index contributed by atoms with van der Waals surface area (Å²) in [6.07, 6.45) is -0.866. The van der Waals surface area contributed by atoms with Gasteiger partial charge in [-0.3, -0.25) is 9.59 Å². The van der Waals surface area contributed by atoms with Gasteiger partial charge in [-0.1, -0.05) is 30.3 Å². The SMILES string of the molecule is CC(CO)Oc1ccccc1NC(=O)c1cccc(C(=O)Nc2ccccc2OC(C)CO)c1. The van der Waals surface area contributed by atoms with Gasteiger partial charge in [0.05, 0.1) is 24.6 Å². The summed E-state index contributed by atoms with van der Waals surface area (Å²) in [7, 11) is 0. The van der Waals surface area contributed by atoms with Crippen LogP contribution in [-0.4, -0.2) is 47.4 Å². The van der Waals surface area contributed by atoms with Crippen molar-refractivity contribution in [1.82, 2.24) is 0 Å². The molecule has 2 amide bonds. The fourth-order valence-corrected chi connectivity index (χ4v) is 3.04. The van der Waals surface area contributed by atoms with Crippen LogP contribution in [0.2, 0.25) is 0 Å². The van der Waals surface area contributed by atoms with Crippen molar-refractivity contribution in [1.29, 1.82) is 0 Å². The molecule has 0 aromatic heterocycles. The first-order valence-electron chi connectivity index (χ1n) is 10.9. The summed E-state index contributed by atoms with van der Waals surface area (Å²) in [6, 6.07) is 20.1. The molecule has 178 valence electrons. The van der Waals surface area contributed by atoms with Crippen LogP contribution < -0.4 is 20.1 Å². The third-order valence-electron chi connectivity index (χ3n) is 4.83. The average molecular weight is 465 g/mol. The topological polar surface area (TPSA) is 117 Å². The zero-order valence-corrected chi connectivity index (χ0v) is 19.0. The van der Waals surface area contributed by atoms with Crippen LogP contribution in [0.5, 0.6) is 11.5 Å². The van der Waals surface area contributed by atoms with E-state index in [9.17, 15) is 19.8 Å². The predicted molar refractivity (Wildman–Crippen MR) is 130 cm³/mol. The second-order valence-electron chi connectivity index (χ2n) is 7.70. The smallest absolute Gasteiger partial charge is 0.255 e. The summed E-state index contributed by atoms with van der Waals surface area (Å²) in [5.74, 6) is 0.0331. The minimum absolute atomic E-state index is 0.160. The highest BCUT2D eigenvalue weighted by Crippen LogP contribution is 2.27. The molecule has 0 radical (unpaired) electrons. The molecule has 2 unspecified atom stereocenters. The Morgan fingerprint density at radius 2 is 1.12 bits per heavy atom. The highest BCUT2D eigenvalue weighted by atomic mass is 16.5. The molecule has 0 saturated heterocycles. The minimum Gasteiger partial charge on any atom is -0.486 e. The van der Waals surface area contributed by atoms with E-state index >= 15 is 0 Å². The fourth-order valence-electron chi connectivity index (χ4n) is 3.04. The van der Waals surface area contributed by atoms with E-state index in [-0.39, 0.29) is 24.3 Å². The van der Waals surface area contributed by atoms with Crippen molar-refractivity contribution in [3.63, 3.8) is 0 Å². The van der Waals surface area contributed by atoms with Gasteiger partial charge in [0.2, 0.25) is 0 Å². The fraction of sp³-hybridized carbons (Fsp3) is 0.231. The van der Waals surface area contributed by atoms with Crippen LogP contribution in [0.15, 0.2) is 72.8 Å². The van der Waals surface area contributed by atoms with Crippen molar-refractivity contribution in [2.24, 2.45) is 0 Å². The lowest BCUT2D eigenvalue weighted by atomic mass is 10.1. The lowest BCUT2D eigenvalue weighted by Gasteiger charge is -2.17. The molecule has 3 aromatic carbocycles. The number of hydrogen-bond acceptors (Lipinski definition) is 6. The zero-order chi connectivity index (χ0) is 24.5. The van der Waals surface area contributed by atoms with Crippen molar-refractivity contribution in [3.05, 3.63) is 83.9 Å². The first-order valence-corrected chi connectivity index (χ1v) is 10.9. The number of para-hydroxylation sites is 4. The first-order chi connectivity index (χ1) is 16.4. The maximum absolute atomic E-state index is 12.9. The Hall–Kier alpha value is -3.88. The summed E-state index contributed by atoms with van der Waals surface area (Å²) in [4.78, 5) is 25.7. The van der Waals surface area contributed by atoms with Gasteiger partial charge >= 0.3 is 0 Å². The van der Waals surface area contributed by atoms with E-state index in [4.69, 9.17) is 9.47 Å². The van der Waals surface area contributed by atoms with Crippen LogP contribution in [-0.2, 0) is 0 Å². The van der Waals surface area contributed by atoms with Gasteiger partial charge in [0.15, 0.2) is 0 Å². The summed E-state index contributed by atoms with van der Waals surface area (Å²) < 4.78 is 11.3. The van der Waals surface area contributed by atoms with Gasteiger partial charge in [-0.2, -0.15) is 0 Å². The molecule has 0 aliphatic rings. The molecule has 0 heterocycles. The van der Waals surface area contributed by atoms with Gasteiger partial charge in [-0.05, 0) is 56.3 Å². The third kappa shape index (κ3) is 6.57. The molecule has 3 rings (SSSR count). The predicted octanol–water partition coefficient (Wildman–Crippen LogP) is 3.71. The number of anilines is 2. The molecule has 0 bridgehead atoms. The molecule has 3 aromatic rings. The van der Waals surface area contributed by atoms with Crippen LogP contribution >= 0.6 is 0 Å². The molecule has 34 heavy (non-hydrogen) atoms. The van der Waals surface area contributed by atoms with Gasteiger partial charge < -0.3 is 30.3 Å². The van der Waals surface area contributed by atoms with Crippen LogP contribution in [0.1, 0.15) is 34.6 Å². The van der Waals surface area contributed by atoms with Crippen LogP contribution in [0, 0.1) is 0 Å². The summed E-state index contributed by atoms with van der Waals surface area (Å²) >= 11 is 0. The minimum atomic E-state index is -0.433. The summed E-state index contributed by atoms with van der Waals surface area (Å²) in [6.45, 7) is 3.11. The quantitative estimate of drug-likeness (QED) is 0.363. The molecular formula is C26H28N2O6. The highest BCUT2D eigenvalue weighted by molar-refractivity contribution is 6.09. The largest absolute Gasteiger partial charge is 0.486 e. The Bertz CT molecular complexity index is 1050. The lowest BCUT2D eigenvalue weighted by Crippen LogP contribution is -2.19. The average Bonchev–Trinajstić information content (AvgIpc) is 2.86. The van der Waals surface area contributed by atoms with Crippen molar-refractivity contribution >= 4 is 23.2 Å². The number of nitrogens with one attached hydrogen (secondary N) is 2. The van der Waals surface area contributed by atoms with Crippen LogP contribution in [0.3, 0.4) is 0 Å². The van der Waals surface area contributed by atoms with Gasteiger partial charge in [0.1, 0.15) is 23.7 Å². The standard InChI is InChI=1S/C26H28N2O6/c1-17(15-29)33-23-12-5-3-10-21(23)27-25(31)19-8-7-9-20(14-19)26(32)28-22-11-4-6-13-24(22)34-18(2)16-30/h3-14,17-18,29-30H,15-16H2,1-2H3,(H,27,31)(H,28,32). The molecular weight excluding hydrogens is 436 g/mol. The molecule has 0 spiro atoms. The molecule has 8 nitrogen and oxygen atoms in total. The number of aliphatic hydroxyl groups is 2. The molecule has 0 aliphatic carbocycles. The van der Waals surface area contributed by atoms with Crippen molar-refractivity contribution < 1.29 is 29.3 Å². The normalized spacial score (nSPS) is 12.4. The molecule has 0 fully saturated rings. The zero-order valence-electron chi connectivity index (χ0n) is 19.0. The van der Waals surface area contributed by atoms with E-state index in [1.165, 1.54) is 6.07 Å². The van der Waals surface area contributed by atoms with E-state index in [1.807, 2.05) is 0 Å². The molecule has 4 N–H and O–H groups in total. The second-order valence-corrected chi connectivity index (χ2v) is 7.70. The maximum atomic E-state index is 12.9. The highest BCUT2D eigenvalue weighted by Gasteiger charge is 2.15. The van der Waals surface area contributed by atoms with E-state index in [1.54, 1.807) is 80.6 Å². The number of benzene rings is 3. The van der Waals surface area contributed by atoms with Gasteiger partial charge in [0.25, 0.3) is 11.8 Å². The van der Waals surface area contributed by atoms with Gasteiger partial charge in [-0.25, -0.2) is 0 Å². The van der Waals surface area contributed by atoms with E-state index in [2.05, 4.69) is 10.6 Å². The Morgan fingerprint density at radius 3 is 1.53 bits per heavy atom. The van der Waals surface area contributed by atoms with Gasteiger partial charge in [0, 0.05) is 11.1 Å². The Morgan fingerprint density at radius 1 is 0.706 bits per heavy atom. The molecule has 8 heteroatoms. The molecule has 2 atom stereocenters. The van der Waals surface area contributed by atoms with Crippen LogP contribution in [0.4, 0.5) is 11.4 Å². The maximum Gasteiger partial charge on any atom is 0.255 e. The number of carbonyl (C=O) groups is 2. The number of ether oxygens (including phenoxy) is 2. The Kier molecular flexibility index (Phi) is 8.61. The van der Waals surface area contributed by atoms with E-state index in [0.717, 1.165) is 0 Å². The lowest BCUT2D eigenvalue weighted by molar-refractivity contribution is 0.102. The van der Waals surface area contributed by atoms with Crippen molar-refractivity contribution in [2.75, 3.05) is 23.8 Å². The Labute approximate surface area is 198 Å². The van der Waals surface area contributed by atoms with Crippen LogP contribution in [0.25, 0.3) is 0 Å². The summed E-state index contributed by atoms with van der Waals surface area (Å²) in [5.41, 5.74) is 1.48. The van der Waals surface area contributed by atoms with E-state index in [0.29, 0.717) is 22.9 Å².